The Morgan fingerprint density at radius 1 is 1.15 bits per heavy atom. The second-order valence-electron chi connectivity index (χ2n) is 6.10. The highest BCUT2D eigenvalue weighted by molar-refractivity contribution is 6.36. The first kappa shape index (κ1) is 18.7. The molecule has 0 saturated heterocycles. The number of imide groups is 1. The van der Waals surface area contributed by atoms with Gasteiger partial charge in [0, 0.05) is 12.2 Å². The number of anilines is 1. The van der Waals surface area contributed by atoms with E-state index in [1.54, 1.807) is 18.2 Å². The molecule has 6 heteroatoms. The molecule has 2 aromatic rings. The van der Waals surface area contributed by atoms with Crippen molar-refractivity contribution in [3.63, 3.8) is 0 Å². The lowest BCUT2D eigenvalue weighted by Gasteiger charge is -2.13. The van der Waals surface area contributed by atoms with Gasteiger partial charge in [0.05, 0.1) is 17.7 Å². The summed E-state index contributed by atoms with van der Waals surface area (Å²) in [6.07, 6.45) is 1.52. The van der Waals surface area contributed by atoms with E-state index < -0.39 is 5.91 Å². The molecule has 5 nitrogen and oxygen atoms in total. The second kappa shape index (κ2) is 7.68. The molecule has 0 fully saturated rings. The largest absolute Gasteiger partial charge is 0.495 e. The minimum Gasteiger partial charge on any atom is -0.495 e. The van der Waals surface area contributed by atoms with Crippen LogP contribution in [-0.4, -0.2) is 30.4 Å². The van der Waals surface area contributed by atoms with E-state index in [1.165, 1.54) is 13.2 Å². The molecule has 2 amide bonds. The normalized spacial score (nSPS) is 14.0. The van der Waals surface area contributed by atoms with Gasteiger partial charge in [-0.15, -0.1) is 6.58 Å². The summed E-state index contributed by atoms with van der Waals surface area (Å²) in [5.41, 5.74) is 2.87. The van der Waals surface area contributed by atoms with E-state index in [4.69, 9.17) is 16.3 Å². The van der Waals surface area contributed by atoms with Gasteiger partial charge < -0.3 is 10.1 Å². The Kier molecular flexibility index (Phi) is 5.33. The van der Waals surface area contributed by atoms with Crippen molar-refractivity contribution in [1.82, 2.24) is 4.90 Å². The van der Waals surface area contributed by atoms with Gasteiger partial charge in [-0.2, -0.15) is 0 Å². The number of halogens is 1. The van der Waals surface area contributed by atoms with Crippen molar-refractivity contribution in [2.75, 3.05) is 19.0 Å². The number of nitrogens with zero attached hydrogens (tertiary/aromatic N) is 1. The van der Waals surface area contributed by atoms with Crippen molar-refractivity contribution in [3.8, 4) is 5.75 Å². The predicted molar refractivity (Wildman–Crippen MR) is 107 cm³/mol. The number of carbonyl (C=O) groups excluding carboxylic acids is 2. The van der Waals surface area contributed by atoms with Gasteiger partial charge in [0.25, 0.3) is 11.8 Å². The summed E-state index contributed by atoms with van der Waals surface area (Å²) in [5, 5.41) is 3.46. The SMILES string of the molecule is C=CCN1C(=O)C(Nc2ccc(OC)c(Cl)c2)=C(c2ccc(C)cc2)C1=O. The van der Waals surface area contributed by atoms with Gasteiger partial charge >= 0.3 is 0 Å². The smallest absolute Gasteiger partial charge is 0.278 e. The van der Waals surface area contributed by atoms with Gasteiger partial charge in [0.2, 0.25) is 0 Å². The van der Waals surface area contributed by atoms with E-state index in [0.29, 0.717) is 27.6 Å². The van der Waals surface area contributed by atoms with Crippen LogP contribution in [0.2, 0.25) is 5.02 Å². The summed E-state index contributed by atoms with van der Waals surface area (Å²) in [4.78, 5) is 26.9. The van der Waals surface area contributed by atoms with Gasteiger partial charge in [-0.05, 0) is 30.7 Å². The maximum atomic E-state index is 12.9. The number of amides is 2. The first-order valence-corrected chi connectivity index (χ1v) is 8.73. The number of nitrogens with one attached hydrogen (secondary N) is 1. The zero-order chi connectivity index (χ0) is 19.6. The number of benzene rings is 2. The van der Waals surface area contributed by atoms with Gasteiger partial charge in [-0.3, -0.25) is 14.5 Å². The van der Waals surface area contributed by atoms with E-state index in [9.17, 15) is 9.59 Å². The molecule has 0 unspecified atom stereocenters. The molecule has 1 heterocycles. The standard InChI is InChI=1S/C21H19ClN2O3/c1-4-11-24-20(25)18(14-7-5-13(2)6-8-14)19(21(24)26)23-15-9-10-17(27-3)16(22)12-15/h4-10,12,23H,1,11H2,2-3H3. The third-order valence-corrected chi connectivity index (χ3v) is 4.54. The quantitative estimate of drug-likeness (QED) is 0.605. The van der Waals surface area contributed by atoms with Crippen molar-refractivity contribution in [3.05, 3.63) is 77.0 Å². The fraction of sp³-hybridized carbons (Fsp3) is 0.143. The summed E-state index contributed by atoms with van der Waals surface area (Å²) >= 11 is 6.17. The first-order chi connectivity index (χ1) is 13.0. The molecule has 1 aliphatic heterocycles. The Morgan fingerprint density at radius 2 is 1.85 bits per heavy atom. The number of hydrogen-bond acceptors (Lipinski definition) is 4. The molecule has 0 bridgehead atoms. The highest BCUT2D eigenvalue weighted by Crippen LogP contribution is 2.33. The van der Waals surface area contributed by atoms with Crippen LogP contribution in [0.15, 0.2) is 60.8 Å². The zero-order valence-corrected chi connectivity index (χ0v) is 15.8. The van der Waals surface area contributed by atoms with Crippen LogP contribution < -0.4 is 10.1 Å². The van der Waals surface area contributed by atoms with E-state index in [-0.39, 0.29) is 18.1 Å². The Bertz CT molecular complexity index is 948. The summed E-state index contributed by atoms with van der Waals surface area (Å²) in [6.45, 7) is 5.73. The number of rotatable bonds is 6. The van der Waals surface area contributed by atoms with Gasteiger partial charge in [-0.25, -0.2) is 0 Å². The lowest BCUT2D eigenvalue weighted by Crippen LogP contribution is -2.32. The molecule has 27 heavy (non-hydrogen) atoms. The average molecular weight is 383 g/mol. The number of carbonyl (C=O) groups is 2. The maximum Gasteiger partial charge on any atom is 0.278 e. The number of hydrogen-bond donors (Lipinski definition) is 1. The first-order valence-electron chi connectivity index (χ1n) is 8.35. The Balaban J connectivity index is 2.06. The molecule has 0 saturated carbocycles. The van der Waals surface area contributed by atoms with Crippen molar-refractivity contribution >= 4 is 34.7 Å². The highest BCUT2D eigenvalue weighted by Gasteiger charge is 2.38. The molecular weight excluding hydrogens is 364 g/mol. The van der Waals surface area contributed by atoms with Crippen LogP contribution >= 0.6 is 11.6 Å². The van der Waals surface area contributed by atoms with E-state index >= 15 is 0 Å². The van der Waals surface area contributed by atoms with Crippen LogP contribution in [0.25, 0.3) is 5.57 Å². The van der Waals surface area contributed by atoms with Crippen molar-refractivity contribution < 1.29 is 14.3 Å². The second-order valence-corrected chi connectivity index (χ2v) is 6.51. The summed E-state index contributed by atoms with van der Waals surface area (Å²) in [5.74, 6) is -0.231. The maximum absolute atomic E-state index is 12.9. The lowest BCUT2D eigenvalue weighted by molar-refractivity contribution is -0.136. The predicted octanol–water partition coefficient (Wildman–Crippen LogP) is 4.04. The third kappa shape index (κ3) is 3.59. The Labute approximate surface area is 162 Å². The Hall–Kier alpha value is -3.05. The molecule has 1 N–H and O–H groups in total. The van der Waals surface area contributed by atoms with Crippen LogP contribution in [0, 0.1) is 6.92 Å². The van der Waals surface area contributed by atoms with Crippen LogP contribution in [0.4, 0.5) is 5.69 Å². The van der Waals surface area contributed by atoms with Gasteiger partial charge in [-0.1, -0.05) is 47.5 Å². The van der Waals surface area contributed by atoms with Crippen molar-refractivity contribution in [2.45, 2.75) is 6.92 Å². The lowest BCUT2D eigenvalue weighted by atomic mass is 10.0. The fourth-order valence-corrected chi connectivity index (χ4v) is 3.12. The monoisotopic (exact) mass is 382 g/mol. The summed E-state index contributed by atoms with van der Waals surface area (Å²) in [6, 6.07) is 12.5. The van der Waals surface area contributed by atoms with Gasteiger partial charge in [0.15, 0.2) is 0 Å². The molecule has 0 aromatic heterocycles. The van der Waals surface area contributed by atoms with E-state index in [2.05, 4.69) is 11.9 Å². The van der Waals surface area contributed by atoms with E-state index in [0.717, 1.165) is 10.5 Å². The fourth-order valence-electron chi connectivity index (χ4n) is 2.86. The molecule has 3 rings (SSSR count). The van der Waals surface area contributed by atoms with Gasteiger partial charge in [0.1, 0.15) is 11.4 Å². The van der Waals surface area contributed by atoms with Crippen LogP contribution in [0.1, 0.15) is 11.1 Å². The number of ether oxygens (including phenoxy) is 1. The van der Waals surface area contributed by atoms with Crippen LogP contribution in [0.3, 0.4) is 0 Å². The highest BCUT2D eigenvalue weighted by atomic mass is 35.5. The third-order valence-electron chi connectivity index (χ3n) is 4.24. The molecule has 2 aromatic carbocycles. The molecule has 138 valence electrons. The minimum absolute atomic E-state index is 0.140. The van der Waals surface area contributed by atoms with Crippen molar-refractivity contribution in [1.29, 1.82) is 0 Å². The summed E-state index contributed by atoms with van der Waals surface area (Å²) in [7, 11) is 1.53. The molecule has 0 radical (unpaired) electrons. The van der Waals surface area contributed by atoms with Crippen molar-refractivity contribution in [2.24, 2.45) is 0 Å². The topological polar surface area (TPSA) is 58.6 Å². The molecular formula is C21H19ClN2O3. The van der Waals surface area contributed by atoms with E-state index in [1.807, 2.05) is 31.2 Å². The zero-order valence-electron chi connectivity index (χ0n) is 15.1. The minimum atomic E-state index is -0.401. The Morgan fingerprint density at radius 3 is 2.44 bits per heavy atom. The molecule has 0 aliphatic carbocycles. The average Bonchev–Trinajstić information content (AvgIpc) is 2.87. The van der Waals surface area contributed by atoms with Crippen LogP contribution in [-0.2, 0) is 9.59 Å². The molecule has 0 atom stereocenters. The number of aryl methyl sites for hydroxylation is 1. The molecule has 0 spiro atoms. The summed E-state index contributed by atoms with van der Waals surface area (Å²) < 4.78 is 5.15. The molecule has 1 aliphatic rings. The number of methoxy groups -OCH3 is 1. The van der Waals surface area contributed by atoms with Crippen LogP contribution in [0.5, 0.6) is 5.75 Å².